The molecule has 0 spiro atoms. The maximum absolute atomic E-state index is 13.5. The molecule has 0 N–H and O–H groups in total. The molecule has 0 bridgehead atoms. The van der Waals surface area contributed by atoms with Crippen LogP contribution < -0.4 is 4.74 Å². The summed E-state index contributed by atoms with van der Waals surface area (Å²) in [6.07, 6.45) is 2.42. The third-order valence-corrected chi connectivity index (χ3v) is 7.09. The molecule has 188 valence electrons. The van der Waals surface area contributed by atoms with Crippen LogP contribution in [0.5, 0.6) is 5.75 Å². The first-order chi connectivity index (χ1) is 17.6. The lowest BCUT2D eigenvalue weighted by molar-refractivity contribution is 0.0733. The summed E-state index contributed by atoms with van der Waals surface area (Å²) >= 11 is 0. The summed E-state index contributed by atoms with van der Waals surface area (Å²) in [4.78, 5) is 17.8. The van der Waals surface area contributed by atoms with Crippen molar-refractivity contribution in [3.8, 4) is 16.9 Å². The molecule has 0 aromatic heterocycles. The van der Waals surface area contributed by atoms with Crippen LogP contribution >= 0.6 is 0 Å². The average molecular weight is 489 g/mol. The smallest absolute Gasteiger partial charge is 0.254 e. The minimum atomic E-state index is -0.274. The fourth-order valence-corrected chi connectivity index (χ4v) is 5.30. The maximum Gasteiger partial charge on any atom is 0.254 e. The summed E-state index contributed by atoms with van der Waals surface area (Å²) in [6, 6.07) is 20.3. The fraction of sp³-hybridized carbons (Fsp3) is 0.367. The van der Waals surface area contributed by atoms with E-state index in [1.807, 2.05) is 35.2 Å². The summed E-state index contributed by atoms with van der Waals surface area (Å²) in [7, 11) is 1.78. The van der Waals surface area contributed by atoms with Gasteiger partial charge in [-0.1, -0.05) is 30.3 Å². The first kappa shape index (κ1) is 24.5. The molecule has 2 aliphatic rings. The van der Waals surface area contributed by atoms with E-state index in [0.29, 0.717) is 31.2 Å². The zero-order valence-corrected chi connectivity index (χ0v) is 20.8. The van der Waals surface area contributed by atoms with E-state index in [2.05, 4.69) is 17.0 Å². The van der Waals surface area contributed by atoms with Gasteiger partial charge in [0.1, 0.15) is 18.2 Å². The van der Waals surface area contributed by atoms with E-state index in [1.54, 1.807) is 19.2 Å². The second-order valence-corrected chi connectivity index (χ2v) is 9.80. The number of nitrogens with zero attached hydrogens (tertiary/aromatic N) is 2. The second-order valence-electron chi connectivity index (χ2n) is 9.80. The highest BCUT2D eigenvalue weighted by atomic mass is 19.1. The number of likely N-dealkylation sites (tertiary alicyclic amines) is 1. The van der Waals surface area contributed by atoms with Crippen LogP contribution in [0.3, 0.4) is 0 Å². The van der Waals surface area contributed by atoms with Crippen LogP contribution in [0.25, 0.3) is 11.1 Å². The Morgan fingerprint density at radius 2 is 1.92 bits per heavy atom. The molecule has 2 aliphatic heterocycles. The molecule has 3 aromatic rings. The lowest BCUT2D eigenvalue weighted by Crippen LogP contribution is -2.36. The minimum Gasteiger partial charge on any atom is -0.491 e. The molecule has 2 heterocycles. The first-order valence-corrected chi connectivity index (χ1v) is 12.7. The number of carbonyl (C=O) groups is 1. The molecule has 6 heteroatoms. The van der Waals surface area contributed by atoms with Crippen LogP contribution in [0.4, 0.5) is 4.39 Å². The number of amides is 1. The maximum atomic E-state index is 13.5. The van der Waals surface area contributed by atoms with Crippen molar-refractivity contribution < 1.29 is 18.7 Å². The van der Waals surface area contributed by atoms with E-state index >= 15 is 0 Å². The van der Waals surface area contributed by atoms with Crippen molar-refractivity contribution in [2.45, 2.75) is 25.9 Å². The minimum absolute atomic E-state index is 0.0285. The molecular formula is C30H33FN2O3. The number of ether oxygens (including phenoxy) is 2. The van der Waals surface area contributed by atoms with E-state index < -0.39 is 0 Å². The molecule has 1 amide bonds. The summed E-state index contributed by atoms with van der Waals surface area (Å²) in [5.41, 5.74) is 4.67. The highest BCUT2D eigenvalue weighted by molar-refractivity contribution is 5.95. The Kier molecular flexibility index (Phi) is 7.63. The molecule has 5 nitrogen and oxygen atoms in total. The molecule has 5 rings (SSSR count). The number of hydrogen-bond acceptors (Lipinski definition) is 4. The van der Waals surface area contributed by atoms with Crippen LogP contribution in [-0.2, 0) is 17.8 Å². The van der Waals surface area contributed by atoms with Gasteiger partial charge in [-0.15, -0.1) is 0 Å². The predicted octanol–water partition coefficient (Wildman–Crippen LogP) is 5.39. The highest BCUT2D eigenvalue weighted by Crippen LogP contribution is 2.28. The van der Waals surface area contributed by atoms with Gasteiger partial charge in [0.25, 0.3) is 5.91 Å². The van der Waals surface area contributed by atoms with Crippen molar-refractivity contribution in [3.05, 3.63) is 89.2 Å². The van der Waals surface area contributed by atoms with E-state index in [1.165, 1.54) is 30.5 Å². The molecule has 36 heavy (non-hydrogen) atoms. The van der Waals surface area contributed by atoms with Crippen LogP contribution in [-0.4, -0.2) is 55.7 Å². The van der Waals surface area contributed by atoms with Crippen molar-refractivity contribution in [1.82, 2.24) is 9.80 Å². The van der Waals surface area contributed by atoms with Crippen molar-refractivity contribution in [3.63, 3.8) is 0 Å². The van der Waals surface area contributed by atoms with E-state index in [0.717, 1.165) is 48.7 Å². The number of carbonyl (C=O) groups excluding carboxylic acids is 1. The number of methoxy groups -OCH3 is 1. The second kappa shape index (κ2) is 11.2. The normalized spacial score (nSPS) is 18.3. The summed E-state index contributed by atoms with van der Waals surface area (Å²) < 4.78 is 24.7. The SMILES string of the molecule is COCC1CCCN(Cc2ccc3c(c2)CN(C(=O)c2cccc(-c4ccc(F)cc4)c2)CCO3)C1. The Balaban J connectivity index is 1.30. The lowest BCUT2D eigenvalue weighted by Gasteiger charge is -2.32. The number of hydrogen-bond donors (Lipinski definition) is 0. The summed E-state index contributed by atoms with van der Waals surface area (Å²) in [6.45, 7) is 5.35. The molecular weight excluding hydrogens is 455 g/mol. The Labute approximate surface area is 212 Å². The molecule has 3 aromatic carbocycles. The Hall–Kier alpha value is -3.22. The van der Waals surface area contributed by atoms with Crippen LogP contribution in [0.15, 0.2) is 66.7 Å². The third kappa shape index (κ3) is 5.77. The van der Waals surface area contributed by atoms with Gasteiger partial charge in [-0.3, -0.25) is 9.69 Å². The quantitative estimate of drug-likeness (QED) is 0.467. The fourth-order valence-electron chi connectivity index (χ4n) is 5.30. The van der Waals surface area contributed by atoms with E-state index in [-0.39, 0.29) is 11.7 Å². The Morgan fingerprint density at radius 3 is 2.75 bits per heavy atom. The molecule has 1 saturated heterocycles. The van der Waals surface area contributed by atoms with Gasteiger partial charge >= 0.3 is 0 Å². The van der Waals surface area contributed by atoms with Crippen LogP contribution in [0.2, 0.25) is 0 Å². The summed E-state index contributed by atoms with van der Waals surface area (Å²) in [5.74, 6) is 1.14. The first-order valence-electron chi connectivity index (χ1n) is 12.7. The van der Waals surface area contributed by atoms with E-state index in [9.17, 15) is 9.18 Å². The highest BCUT2D eigenvalue weighted by Gasteiger charge is 2.23. The molecule has 1 unspecified atom stereocenters. The van der Waals surface area contributed by atoms with Crippen molar-refractivity contribution >= 4 is 5.91 Å². The van der Waals surface area contributed by atoms with Gasteiger partial charge in [0.15, 0.2) is 0 Å². The van der Waals surface area contributed by atoms with Crippen molar-refractivity contribution in [2.24, 2.45) is 5.92 Å². The number of benzene rings is 3. The topological polar surface area (TPSA) is 42.0 Å². The molecule has 1 fully saturated rings. The zero-order chi connectivity index (χ0) is 24.9. The molecule has 0 saturated carbocycles. The van der Waals surface area contributed by atoms with E-state index in [4.69, 9.17) is 9.47 Å². The van der Waals surface area contributed by atoms with Gasteiger partial charge in [0.2, 0.25) is 0 Å². The Bertz CT molecular complexity index is 1200. The van der Waals surface area contributed by atoms with Crippen molar-refractivity contribution in [2.75, 3.05) is 40.0 Å². The number of piperidine rings is 1. The van der Waals surface area contributed by atoms with Gasteiger partial charge < -0.3 is 14.4 Å². The van der Waals surface area contributed by atoms with Crippen LogP contribution in [0, 0.1) is 11.7 Å². The number of rotatable bonds is 6. The monoisotopic (exact) mass is 488 g/mol. The van der Waals surface area contributed by atoms with Gasteiger partial charge in [-0.2, -0.15) is 0 Å². The average Bonchev–Trinajstić information content (AvgIpc) is 3.11. The zero-order valence-electron chi connectivity index (χ0n) is 20.8. The van der Waals surface area contributed by atoms with Gasteiger partial charge in [0.05, 0.1) is 13.2 Å². The standard InChI is InChI=1S/C30H33FN2O3/c1-35-21-23-4-3-13-32(19-23)18-22-7-12-29-27(16-22)20-33(14-15-36-29)30(34)26-6-2-5-25(17-26)24-8-10-28(31)11-9-24/h2,5-12,16-17,23H,3-4,13-15,18-21H2,1H3. The largest absolute Gasteiger partial charge is 0.491 e. The predicted molar refractivity (Wildman–Crippen MR) is 138 cm³/mol. The molecule has 0 aliphatic carbocycles. The third-order valence-electron chi connectivity index (χ3n) is 7.09. The lowest BCUT2D eigenvalue weighted by atomic mass is 9.98. The number of halogens is 1. The van der Waals surface area contributed by atoms with Crippen molar-refractivity contribution in [1.29, 1.82) is 0 Å². The molecule has 1 atom stereocenters. The van der Waals surface area contributed by atoms with Gasteiger partial charge in [-0.25, -0.2) is 4.39 Å². The van der Waals surface area contributed by atoms with Gasteiger partial charge in [-0.05, 0) is 78.4 Å². The summed E-state index contributed by atoms with van der Waals surface area (Å²) in [5, 5.41) is 0. The van der Waals surface area contributed by atoms with Crippen LogP contribution in [0.1, 0.15) is 34.3 Å². The van der Waals surface area contributed by atoms with Gasteiger partial charge in [0, 0.05) is 37.9 Å². The molecule has 0 radical (unpaired) electrons. The number of fused-ring (bicyclic) bond motifs is 1. The Morgan fingerprint density at radius 1 is 1.06 bits per heavy atom.